The quantitative estimate of drug-likeness (QED) is 0.507. The van der Waals surface area contributed by atoms with Crippen molar-refractivity contribution < 1.29 is 24.9 Å². The van der Waals surface area contributed by atoms with E-state index in [4.69, 9.17) is 16.3 Å². The number of carboxylic acid groups (broad SMARTS) is 1. The van der Waals surface area contributed by atoms with Crippen molar-refractivity contribution in [2.75, 3.05) is 0 Å². The van der Waals surface area contributed by atoms with Crippen molar-refractivity contribution in [1.29, 1.82) is 0 Å². The third kappa shape index (κ3) is 4.02. The molecule has 1 aromatic carbocycles. The monoisotopic (exact) mass is 370 g/mol. The Morgan fingerprint density at radius 2 is 2.26 bits per heavy atom. The van der Waals surface area contributed by atoms with Gasteiger partial charge in [0.15, 0.2) is 0 Å². The third-order valence-electron chi connectivity index (χ3n) is 5.63. The molecule has 1 aliphatic heterocycles. The molecule has 0 bridgehead atoms. The number of aliphatic hydroxyl groups excluding tert-OH is 2. The molecule has 0 aromatic heterocycles. The van der Waals surface area contributed by atoms with Crippen molar-refractivity contribution in [2.24, 2.45) is 11.8 Å². The molecule has 1 heterocycles. The summed E-state index contributed by atoms with van der Waals surface area (Å²) in [7, 11) is 0. The van der Waals surface area contributed by atoms with Crippen LogP contribution in [0.5, 0.6) is 5.75 Å². The summed E-state index contributed by atoms with van der Waals surface area (Å²) in [6.45, 7) is 1.78. The molecule has 5 nitrogen and oxygen atoms in total. The summed E-state index contributed by atoms with van der Waals surface area (Å²) in [5.74, 6) is 2.14. The van der Waals surface area contributed by atoms with Crippen LogP contribution in [0.4, 0.5) is 0 Å². The molecule has 1 fully saturated rings. The number of fused-ring (bicyclic) bond motifs is 3. The van der Waals surface area contributed by atoms with Gasteiger partial charge in [-0.3, -0.25) is 4.79 Å². The van der Waals surface area contributed by atoms with Gasteiger partial charge in [-0.2, -0.15) is 0 Å². The Balaban J connectivity index is 1.79. The number of aliphatic carboxylic acids is 1. The molecule has 27 heavy (non-hydrogen) atoms. The highest BCUT2D eigenvalue weighted by molar-refractivity contribution is 5.66. The molecule has 0 spiro atoms. The van der Waals surface area contributed by atoms with Gasteiger partial charge in [0, 0.05) is 36.2 Å². The van der Waals surface area contributed by atoms with Crippen LogP contribution in [0.25, 0.3) is 0 Å². The molecule has 0 saturated heterocycles. The van der Waals surface area contributed by atoms with Crippen molar-refractivity contribution in [3.05, 3.63) is 41.5 Å². The highest BCUT2D eigenvalue weighted by Crippen LogP contribution is 2.52. The second kappa shape index (κ2) is 8.16. The summed E-state index contributed by atoms with van der Waals surface area (Å²) >= 11 is 0. The maximum atomic E-state index is 10.8. The van der Waals surface area contributed by atoms with Gasteiger partial charge in [0.05, 0.1) is 12.2 Å². The summed E-state index contributed by atoms with van der Waals surface area (Å²) in [6.07, 6.45) is 9.39. The first-order chi connectivity index (χ1) is 12.9. The lowest BCUT2D eigenvalue weighted by Gasteiger charge is -2.18. The van der Waals surface area contributed by atoms with Gasteiger partial charge in [-0.05, 0) is 25.3 Å². The molecular weight excluding hydrogens is 344 g/mol. The molecule has 1 aliphatic carbocycles. The van der Waals surface area contributed by atoms with Gasteiger partial charge in [0.25, 0.3) is 0 Å². The van der Waals surface area contributed by atoms with Crippen LogP contribution in [-0.4, -0.2) is 39.6 Å². The van der Waals surface area contributed by atoms with Crippen molar-refractivity contribution >= 4 is 5.97 Å². The average Bonchev–Trinajstić information content (AvgIpc) is 3.14. The van der Waals surface area contributed by atoms with E-state index in [0.717, 1.165) is 16.9 Å². The standard InChI is InChI=1S/C22H26O5/c1-3-13(2)17(23)11-10-15-18(24)12-19-21(15)16-8-4-6-14(22(16)27-19)7-5-9-20(25)26/h1,4,6,8,10-11,13,15,17-19,21,23-24H,5,7,9,12H2,2H3,(H,25,26)/b11-10+/t13?,15-,17+,18+,19?,21-/m0/s1. The minimum Gasteiger partial charge on any atom is -0.489 e. The molecule has 1 saturated carbocycles. The SMILES string of the molecule is C#CC(C)[C@H](O)/C=C/[C@H]1[C@H](O)CC2Oc3c(CCCC(=O)O)cccc3[C@@H]21. The zero-order chi connectivity index (χ0) is 19.6. The maximum absolute atomic E-state index is 10.8. The van der Waals surface area contributed by atoms with Crippen LogP contribution in [0.15, 0.2) is 30.4 Å². The van der Waals surface area contributed by atoms with E-state index in [1.807, 2.05) is 24.3 Å². The Morgan fingerprint density at radius 1 is 1.48 bits per heavy atom. The number of aliphatic hydroxyl groups is 2. The van der Waals surface area contributed by atoms with Gasteiger partial charge in [-0.25, -0.2) is 0 Å². The number of para-hydroxylation sites is 1. The van der Waals surface area contributed by atoms with Crippen molar-refractivity contribution in [2.45, 2.75) is 56.8 Å². The third-order valence-corrected chi connectivity index (χ3v) is 5.63. The molecule has 0 radical (unpaired) electrons. The first kappa shape index (κ1) is 19.5. The van der Waals surface area contributed by atoms with Gasteiger partial charge in [-0.15, -0.1) is 12.3 Å². The fourth-order valence-electron chi connectivity index (χ4n) is 4.10. The molecule has 2 unspecified atom stereocenters. The number of hydrogen-bond acceptors (Lipinski definition) is 4. The van der Waals surface area contributed by atoms with Gasteiger partial charge in [0.2, 0.25) is 0 Å². The number of carboxylic acids is 1. The normalized spacial score (nSPS) is 28.2. The highest BCUT2D eigenvalue weighted by atomic mass is 16.5. The van der Waals surface area contributed by atoms with Gasteiger partial charge in [-0.1, -0.05) is 30.4 Å². The molecule has 0 amide bonds. The van der Waals surface area contributed by atoms with E-state index in [2.05, 4.69) is 5.92 Å². The smallest absolute Gasteiger partial charge is 0.303 e. The molecule has 6 atom stereocenters. The van der Waals surface area contributed by atoms with E-state index in [-0.39, 0.29) is 30.3 Å². The van der Waals surface area contributed by atoms with E-state index >= 15 is 0 Å². The Hall–Kier alpha value is -2.29. The Bertz CT molecular complexity index is 762. The van der Waals surface area contributed by atoms with E-state index < -0.39 is 18.2 Å². The molecule has 1 aromatic rings. The van der Waals surface area contributed by atoms with Crippen LogP contribution in [-0.2, 0) is 11.2 Å². The minimum absolute atomic E-state index is 0.0269. The second-order valence-corrected chi connectivity index (χ2v) is 7.48. The molecule has 5 heteroatoms. The number of hydrogen-bond donors (Lipinski definition) is 3. The molecule has 144 valence electrons. The molecule has 2 aliphatic rings. The Kier molecular flexibility index (Phi) is 5.88. The molecule has 3 rings (SSSR count). The van der Waals surface area contributed by atoms with Crippen LogP contribution in [0, 0.1) is 24.2 Å². The number of carbonyl (C=O) groups is 1. The zero-order valence-electron chi connectivity index (χ0n) is 15.4. The highest BCUT2D eigenvalue weighted by Gasteiger charge is 2.48. The van der Waals surface area contributed by atoms with E-state index in [0.29, 0.717) is 19.3 Å². The van der Waals surface area contributed by atoms with Crippen molar-refractivity contribution in [1.82, 2.24) is 0 Å². The topological polar surface area (TPSA) is 87.0 Å². The van der Waals surface area contributed by atoms with Crippen LogP contribution in [0.1, 0.15) is 43.2 Å². The number of ether oxygens (including phenoxy) is 1. The van der Waals surface area contributed by atoms with Crippen LogP contribution >= 0.6 is 0 Å². The van der Waals surface area contributed by atoms with E-state index in [1.54, 1.807) is 13.0 Å². The molecule has 3 N–H and O–H groups in total. The summed E-state index contributed by atoms with van der Waals surface area (Å²) in [5.41, 5.74) is 2.07. The maximum Gasteiger partial charge on any atom is 0.303 e. The van der Waals surface area contributed by atoms with Gasteiger partial charge >= 0.3 is 5.97 Å². The largest absolute Gasteiger partial charge is 0.489 e. The summed E-state index contributed by atoms with van der Waals surface area (Å²) in [6, 6.07) is 5.95. The lowest BCUT2D eigenvalue weighted by Crippen LogP contribution is -2.18. The Morgan fingerprint density at radius 3 is 2.96 bits per heavy atom. The van der Waals surface area contributed by atoms with Crippen molar-refractivity contribution in [3.8, 4) is 18.1 Å². The first-order valence-corrected chi connectivity index (χ1v) is 9.43. The minimum atomic E-state index is -0.798. The summed E-state index contributed by atoms with van der Waals surface area (Å²) in [5, 5.41) is 29.4. The van der Waals surface area contributed by atoms with Crippen LogP contribution in [0.3, 0.4) is 0 Å². The summed E-state index contributed by atoms with van der Waals surface area (Å²) < 4.78 is 6.16. The predicted octanol–water partition coefficient (Wildman–Crippen LogP) is 2.51. The molecular formula is C22H26O5. The van der Waals surface area contributed by atoms with Gasteiger partial charge in [0.1, 0.15) is 11.9 Å². The van der Waals surface area contributed by atoms with Gasteiger partial charge < -0.3 is 20.1 Å². The number of rotatable bonds is 7. The number of benzene rings is 1. The van der Waals surface area contributed by atoms with E-state index in [1.165, 1.54) is 0 Å². The number of terminal acetylenes is 1. The zero-order valence-corrected chi connectivity index (χ0v) is 15.4. The lowest BCUT2D eigenvalue weighted by atomic mass is 9.86. The first-order valence-electron chi connectivity index (χ1n) is 9.43. The van der Waals surface area contributed by atoms with Crippen LogP contribution in [0.2, 0.25) is 0 Å². The van der Waals surface area contributed by atoms with E-state index in [9.17, 15) is 15.0 Å². The fraction of sp³-hybridized carbons (Fsp3) is 0.500. The second-order valence-electron chi connectivity index (χ2n) is 7.48. The Labute approximate surface area is 159 Å². The van der Waals surface area contributed by atoms with Crippen LogP contribution < -0.4 is 4.74 Å². The van der Waals surface area contributed by atoms with Crippen molar-refractivity contribution in [3.63, 3.8) is 0 Å². The fourth-order valence-corrected chi connectivity index (χ4v) is 4.10. The average molecular weight is 370 g/mol. The lowest BCUT2D eigenvalue weighted by molar-refractivity contribution is -0.137. The number of aryl methyl sites for hydroxylation is 1. The predicted molar refractivity (Wildman–Crippen MR) is 101 cm³/mol. The summed E-state index contributed by atoms with van der Waals surface area (Å²) in [4.78, 5) is 10.8.